The highest BCUT2D eigenvalue weighted by molar-refractivity contribution is 7.14. The normalized spacial score (nSPS) is 10.8. The first-order chi connectivity index (χ1) is 14.0. The van der Waals surface area contributed by atoms with Gasteiger partial charge in [0.1, 0.15) is 0 Å². The molecule has 0 saturated heterocycles. The zero-order valence-electron chi connectivity index (χ0n) is 16.1. The minimum atomic E-state index is -0.215. The standard InChI is InChI=1S/C22H20N4O2S/c1-13-20(17-5-3-4-6-18(17)24-13)19-12-29-22(25-19)26-21(28)16-9-7-15(8-10-16)11-23-14(2)27/h3-10,12,24H,11H2,1-2H3,(H,23,27)(H,25,26,28). The van der Waals surface area contributed by atoms with Crippen LogP contribution in [0, 0.1) is 6.92 Å². The number of hydrogen-bond acceptors (Lipinski definition) is 4. The van der Waals surface area contributed by atoms with Gasteiger partial charge in [-0.2, -0.15) is 0 Å². The van der Waals surface area contributed by atoms with Crippen LogP contribution in [0.15, 0.2) is 53.9 Å². The molecule has 0 fully saturated rings. The van der Waals surface area contributed by atoms with Gasteiger partial charge in [-0.05, 0) is 30.7 Å². The van der Waals surface area contributed by atoms with Crippen molar-refractivity contribution in [2.75, 3.05) is 5.32 Å². The minimum Gasteiger partial charge on any atom is -0.358 e. The lowest BCUT2D eigenvalue weighted by atomic mass is 10.1. The van der Waals surface area contributed by atoms with E-state index in [0.29, 0.717) is 17.2 Å². The summed E-state index contributed by atoms with van der Waals surface area (Å²) in [6.45, 7) is 3.94. The van der Waals surface area contributed by atoms with Gasteiger partial charge in [-0.25, -0.2) is 4.98 Å². The van der Waals surface area contributed by atoms with Crippen LogP contribution in [0.4, 0.5) is 5.13 Å². The van der Waals surface area contributed by atoms with Gasteiger partial charge in [-0.15, -0.1) is 11.3 Å². The highest BCUT2D eigenvalue weighted by atomic mass is 32.1. The lowest BCUT2D eigenvalue weighted by Gasteiger charge is -2.05. The molecule has 2 heterocycles. The number of carbonyl (C=O) groups excluding carboxylic acids is 2. The molecule has 0 spiro atoms. The molecule has 0 unspecified atom stereocenters. The molecule has 4 rings (SSSR count). The van der Waals surface area contributed by atoms with E-state index < -0.39 is 0 Å². The second-order valence-electron chi connectivity index (χ2n) is 6.77. The summed E-state index contributed by atoms with van der Waals surface area (Å²) in [4.78, 5) is 31.5. The smallest absolute Gasteiger partial charge is 0.257 e. The largest absolute Gasteiger partial charge is 0.358 e. The number of thiazole rings is 1. The van der Waals surface area contributed by atoms with Gasteiger partial charge in [-0.1, -0.05) is 30.3 Å². The molecule has 0 bridgehead atoms. The summed E-state index contributed by atoms with van der Waals surface area (Å²) in [5, 5.41) is 9.22. The van der Waals surface area contributed by atoms with E-state index in [2.05, 4.69) is 26.7 Å². The molecule has 2 aromatic heterocycles. The van der Waals surface area contributed by atoms with Gasteiger partial charge in [0, 0.05) is 46.6 Å². The van der Waals surface area contributed by atoms with E-state index >= 15 is 0 Å². The Kier molecular flexibility index (Phi) is 5.14. The van der Waals surface area contributed by atoms with Gasteiger partial charge in [0.05, 0.1) is 5.69 Å². The zero-order chi connectivity index (χ0) is 20.4. The number of aromatic nitrogens is 2. The van der Waals surface area contributed by atoms with Crippen LogP contribution in [0.2, 0.25) is 0 Å². The van der Waals surface area contributed by atoms with Crippen molar-refractivity contribution in [2.45, 2.75) is 20.4 Å². The van der Waals surface area contributed by atoms with Crippen molar-refractivity contribution in [3.63, 3.8) is 0 Å². The molecule has 0 saturated carbocycles. The van der Waals surface area contributed by atoms with Gasteiger partial charge in [0.2, 0.25) is 5.91 Å². The van der Waals surface area contributed by atoms with Crippen molar-refractivity contribution in [3.8, 4) is 11.3 Å². The number of H-pyrrole nitrogens is 1. The molecule has 0 aliphatic heterocycles. The minimum absolute atomic E-state index is 0.0863. The zero-order valence-corrected chi connectivity index (χ0v) is 16.9. The topological polar surface area (TPSA) is 86.9 Å². The summed E-state index contributed by atoms with van der Waals surface area (Å²) in [5.74, 6) is -0.301. The van der Waals surface area contributed by atoms with Gasteiger partial charge >= 0.3 is 0 Å². The number of rotatable bonds is 5. The van der Waals surface area contributed by atoms with E-state index in [0.717, 1.165) is 33.4 Å². The van der Waals surface area contributed by atoms with Crippen LogP contribution in [0.25, 0.3) is 22.2 Å². The Morgan fingerprint density at radius 3 is 2.62 bits per heavy atom. The SMILES string of the molecule is CC(=O)NCc1ccc(C(=O)Nc2nc(-c3c(C)[nH]c4ccccc34)cs2)cc1. The van der Waals surface area contributed by atoms with Crippen LogP contribution in [0.5, 0.6) is 0 Å². The molecule has 146 valence electrons. The van der Waals surface area contributed by atoms with E-state index in [1.165, 1.54) is 18.3 Å². The highest BCUT2D eigenvalue weighted by Gasteiger charge is 2.15. The molecule has 3 N–H and O–H groups in total. The Bertz CT molecular complexity index is 1190. The average Bonchev–Trinajstić information content (AvgIpc) is 3.29. The Hall–Kier alpha value is -3.45. The van der Waals surface area contributed by atoms with Crippen molar-refractivity contribution in [1.82, 2.24) is 15.3 Å². The molecular weight excluding hydrogens is 384 g/mol. The van der Waals surface area contributed by atoms with Gasteiger partial charge in [0.25, 0.3) is 5.91 Å². The molecule has 2 amide bonds. The summed E-state index contributed by atoms with van der Waals surface area (Å²) in [7, 11) is 0. The molecule has 7 heteroatoms. The van der Waals surface area contributed by atoms with Crippen LogP contribution in [-0.4, -0.2) is 21.8 Å². The van der Waals surface area contributed by atoms with Crippen LogP contribution in [0.3, 0.4) is 0 Å². The van der Waals surface area contributed by atoms with Crippen LogP contribution >= 0.6 is 11.3 Å². The quantitative estimate of drug-likeness (QED) is 0.458. The lowest BCUT2D eigenvalue weighted by Crippen LogP contribution is -2.19. The summed E-state index contributed by atoms with van der Waals surface area (Å²) in [6.07, 6.45) is 0. The lowest BCUT2D eigenvalue weighted by molar-refractivity contribution is -0.119. The fourth-order valence-corrected chi connectivity index (χ4v) is 3.92. The van der Waals surface area contributed by atoms with Crippen LogP contribution in [0.1, 0.15) is 28.5 Å². The molecule has 6 nitrogen and oxygen atoms in total. The fourth-order valence-electron chi connectivity index (χ4n) is 3.22. The number of amides is 2. The second-order valence-corrected chi connectivity index (χ2v) is 7.63. The summed E-state index contributed by atoms with van der Waals surface area (Å²) < 4.78 is 0. The Balaban J connectivity index is 1.49. The first kappa shape index (κ1) is 18.9. The number of nitrogens with zero attached hydrogens (tertiary/aromatic N) is 1. The number of aryl methyl sites for hydroxylation is 1. The van der Waals surface area contributed by atoms with Crippen molar-refractivity contribution in [3.05, 3.63) is 70.7 Å². The average molecular weight is 404 g/mol. The molecule has 4 aromatic rings. The van der Waals surface area contributed by atoms with E-state index in [9.17, 15) is 9.59 Å². The first-order valence-electron chi connectivity index (χ1n) is 9.19. The van der Waals surface area contributed by atoms with Crippen LogP contribution < -0.4 is 10.6 Å². The van der Waals surface area contributed by atoms with Crippen molar-refractivity contribution in [2.24, 2.45) is 0 Å². The van der Waals surface area contributed by atoms with E-state index in [1.807, 2.05) is 42.6 Å². The molecule has 29 heavy (non-hydrogen) atoms. The van der Waals surface area contributed by atoms with E-state index in [4.69, 9.17) is 0 Å². The maximum absolute atomic E-state index is 12.5. The molecular formula is C22H20N4O2S. The highest BCUT2D eigenvalue weighted by Crippen LogP contribution is 2.33. The molecule has 0 aliphatic carbocycles. The summed E-state index contributed by atoms with van der Waals surface area (Å²) in [5.41, 5.74) is 5.48. The van der Waals surface area contributed by atoms with Crippen molar-refractivity contribution < 1.29 is 9.59 Å². The predicted molar refractivity (Wildman–Crippen MR) is 116 cm³/mol. The fraction of sp³-hybridized carbons (Fsp3) is 0.136. The van der Waals surface area contributed by atoms with Gasteiger partial charge in [0.15, 0.2) is 5.13 Å². The van der Waals surface area contributed by atoms with Crippen molar-refractivity contribution in [1.29, 1.82) is 0 Å². The number of benzene rings is 2. The summed E-state index contributed by atoms with van der Waals surface area (Å²) >= 11 is 1.40. The number of fused-ring (bicyclic) bond motifs is 1. The third kappa shape index (κ3) is 4.05. The second kappa shape index (κ2) is 7.89. The third-order valence-corrected chi connectivity index (χ3v) is 5.39. The molecule has 0 atom stereocenters. The number of nitrogens with one attached hydrogen (secondary N) is 3. The monoisotopic (exact) mass is 404 g/mol. The number of aromatic amines is 1. The molecule has 2 aromatic carbocycles. The van der Waals surface area contributed by atoms with Gasteiger partial charge in [-0.3, -0.25) is 14.9 Å². The number of anilines is 1. The molecule has 0 aliphatic rings. The number of para-hydroxylation sites is 1. The summed E-state index contributed by atoms with van der Waals surface area (Å²) in [6, 6.07) is 15.2. The Morgan fingerprint density at radius 2 is 1.86 bits per heavy atom. The predicted octanol–water partition coefficient (Wildman–Crippen LogP) is 4.49. The van der Waals surface area contributed by atoms with Gasteiger partial charge < -0.3 is 10.3 Å². The number of hydrogen-bond donors (Lipinski definition) is 3. The van der Waals surface area contributed by atoms with E-state index in [1.54, 1.807) is 12.1 Å². The molecule has 0 radical (unpaired) electrons. The third-order valence-electron chi connectivity index (χ3n) is 4.63. The van der Waals surface area contributed by atoms with Crippen LogP contribution in [-0.2, 0) is 11.3 Å². The van der Waals surface area contributed by atoms with Crippen molar-refractivity contribution >= 4 is 39.2 Å². The first-order valence-corrected chi connectivity index (χ1v) is 10.1. The maximum atomic E-state index is 12.5. The maximum Gasteiger partial charge on any atom is 0.257 e. The van der Waals surface area contributed by atoms with E-state index in [-0.39, 0.29) is 11.8 Å². The Morgan fingerprint density at radius 1 is 1.10 bits per heavy atom. The Labute approximate surface area is 172 Å². The number of carbonyl (C=O) groups is 2.